The minimum absolute atomic E-state index is 0.0860. The summed E-state index contributed by atoms with van der Waals surface area (Å²) in [6, 6.07) is 9.41. The summed E-state index contributed by atoms with van der Waals surface area (Å²) in [7, 11) is 0. The molecule has 0 spiro atoms. The molecule has 1 aliphatic rings. The first kappa shape index (κ1) is 20.4. The molecule has 1 aromatic heterocycles. The number of hydrogen-bond acceptors (Lipinski definition) is 2. The monoisotopic (exact) mass is 386 g/mol. The molecule has 1 atom stereocenters. The van der Waals surface area contributed by atoms with Gasteiger partial charge in [-0.2, -0.15) is 0 Å². The molecule has 3 heteroatoms. The number of phenols is 1. The Labute approximate surface area is 169 Å². The van der Waals surface area contributed by atoms with Gasteiger partial charge in [-0.05, 0) is 53.7 Å². The van der Waals surface area contributed by atoms with E-state index in [-0.39, 0.29) is 10.8 Å². The van der Waals surface area contributed by atoms with E-state index in [2.05, 4.69) is 71.2 Å². The number of hydrogen-bond donors (Lipinski definition) is 2. The lowest BCUT2D eigenvalue weighted by atomic mass is 9.77. The second-order valence-corrected chi connectivity index (χ2v) is 11.1. The van der Waals surface area contributed by atoms with Gasteiger partial charge in [0.25, 0.3) is 0 Å². The van der Waals surface area contributed by atoms with Gasteiger partial charge >= 0.3 is 0 Å². The van der Waals surface area contributed by atoms with Crippen LogP contribution in [0.3, 0.4) is 0 Å². The zero-order chi connectivity index (χ0) is 19.8. The Morgan fingerprint density at radius 2 is 1.48 bits per heavy atom. The number of phenolic OH excluding ortho intramolecular Hbond substituents is 1. The Hall–Kier alpha value is -1.32. The van der Waals surface area contributed by atoms with Gasteiger partial charge < -0.3 is 10.0 Å². The molecule has 2 nitrogen and oxygen atoms in total. The Morgan fingerprint density at radius 3 is 1.93 bits per heavy atom. The summed E-state index contributed by atoms with van der Waals surface area (Å²) in [4.78, 5) is 3.12. The summed E-state index contributed by atoms with van der Waals surface area (Å²) in [5.74, 6) is 0.484. The number of thiophene rings is 1. The highest BCUT2D eigenvalue weighted by Gasteiger charge is 2.33. The average Bonchev–Trinajstić information content (AvgIpc) is 3.09. The van der Waals surface area contributed by atoms with Gasteiger partial charge in [-0.3, -0.25) is 0 Å². The lowest BCUT2D eigenvalue weighted by Crippen LogP contribution is -3.13. The van der Waals surface area contributed by atoms with Gasteiger partial charge in [0.1, 0.15) is 11.8 Å². The Kier molecular flexibility index (Phi) is 5.74. The maximum atomic E-state index is 11.1. The minimum atomic E-state index is -0.0860. The minimum Gasteiger partial charge on any atom is -0.507 e. The van der Waals surface area contributed by atoms with Crippen LogP contribution in [-0.2, 0) is 10.8 Å². The smallest absolute Gasteiger partial charge is 0.148 e. The summed E-state index contributed by atoms with van der Waals surface area (Å²) >= 11 is 1.87. The number of likely N-dealkylation sites (tertiary alicyclic amines) is 1. The highest BCUT2D eigenvalue weighted by Crippen LogP contribution is 2.41. The van der Waals surface area contributed by atoms with Crippen molar-refractivity contribution in [2.75, 3.05) is 13.1 Å². The molecule has 0 aliphatic carbocycles. The predicted octanol–water partition coefficient (Wildman–Crippen LogP) is 5.21. The lowest BCUT2D eigenvalue weighted by molar-refractivity contribution is -0.929. The summed E-state index contributed by atoms with van der Waals surface area (Å²) in [5.41, 5.74) is 3.34. The predicted molar refractivity (Wildman–Crippen MR) is 116 cm³/mol. The van der Waals surface area contributed by atoms with Crippen molar-refractivity contribution in [3.63, 3.8) is 0 Å². The van der Waals surface area contributed by atoms with Crippen LogP contribution in [0.25, 0.3) is 0 Å². The molecule has 2 aromatic rings. The highest BCUT2D eigenvalue weighted by molar-refractivity contribution is 7.10. The quantitative estimate of drug-likeness (QED) is 0.744. The molecule has 148 valence electrons. The first-order chi connectivity index (χ1) is 12.6. The van der Waals surface area contributed by atoms with Crippen LogP contribution < -0.4 is 4.90 Å². The van der Waals surface area contributed by atoms with E-state index < -0.39 is 0 Å². The molecule has 3 rings (SSSR count). The van der Waals surface area contributed by atoms with Crippen LogP contribution in [0, 0.1) is 0 Å². The van der Waals surface area contributed by atoms with Crippen LogP contribution >= 0.6 is 11.3 Å². The average molecular weight is 387 g/mol. The molecule has 2 heterocycles. The third-order valence-corrected chi connectivity index (χ3v) is 6.75. The van der Waals surface area contributed by atoms with Gasteiger partial charge in [-0.15, -0.1) is 11.3 Å². The van der Waals surface area contributed by atoms with Crippen molar-refractivity contribution < 1.29 is 10.0 Å². The van der Waals surface area contributed by atoms with Crippen molar-refractivity contribution >= 4 is 11.3 Å². The van der Waals surface area contributed by atoms with Gasteiger partial charge in [0, 0.05) is 16.7 Å². The largest absolute Gasteiger partial charge is 0.507 e. The number of rotatable bonds is 3. The maximum absolute atomic E-state index is 11.1. The van der Waals surface area contributed by atoms with Crippen molar-refractivity contribution in [1.29, 1.82) is 0 Å². The molecular weight excluding hydrogens is 350 g/mol. The van der Waals surface area contributed by atoms with E-state index in [1.54, 1.807) is 4.90 Å². The second kappa shape index (κ2) is 7.60. The fourth-order valence-electron chi connectivity index (χ4n) is 4.32. The standard InChI is InChI=1S/C24H35NOS/c1-23(2,3)18-15-17(16-19(22(18)26)24(4,5)6)21(20-11-10-14-27-20)25-12-8-7-9-13-25/h10-11,14-16,21,26H,7-9,12-13H2,1-6H3/p+1/t21-/m0/s1. The molecule has 2 N–H and O–H groups in total. The molecule has 0 unspecified atom stereocenters. The van der Waals surface area contributed by atoms with E-state index in [1.807, 2.05) is 11.3 Å². The second-order valence-electron chi connectivity index (χ2n) is 10.1. The third-order valence-electron chi connectivity index (χ3n) is 5.81. The summed E-state index contributed by atoms with van der Waals surface area (Å²) < 4.78 is 0. The van der Waals surface area contributed by atoms with Crippen LogP contribution in [0.4, 0.5) is 0 Å². The van der Waals surface area contributed by atoms with Gasteiger partial charge in [-0.1, -0.05) is 47.6 Å². The molecule has 0 bridgehead atoms. The fraction of sp³-hybridized carbons (Fsp3) is 0.583. The molecule has 0 radical (unpaired) electrons. The SMILES string of the molecule is CC(C)(C)c1cc([C@@H](c2cccs2)[NH+]2CCCCC2)cc(C(C)(C)C)c1O. The van der Waals surface area contributed by atoms with Crippen LogP contribution in [0.2, 0.25) is 0 Å². The van der Waals surface area contributed by atoms with Crippen LogP contribution in [0.5, 0.6) is 5.75 Å². The Morgan fingerprint density at radius 1 is 0.926 bits per heavy atom. The van der Waals surface area contributed by atoms with E-state index in [0.717, 1.165) is 11.1 Å². The lowest BCUT2D eigenvalue weighted by Gasteiger charge is -2.34. The van der Waals surface area contributed by atoms with E-state index in [9.17, 15) is 5.11 Å². The van der Waals surface area contributed by atoms with Gasteiger partial charge in [-0.25, -0.2) is 0 Å². The first-order valence-corrected chi connectivity index (χ1v) is 11.2. The van der Waals surface area contributed by atoms with E-state index in [1.165, 1.54) is 42.8 Å². The van der Waals surface area contributed by atoms with Crippen molar-refractivity contribution in [3.05, 3.63) is 51.2 Å². The summed E-state index contributed by atoms with van der Waals surface area (Å²) in [5, 5.41) is 13.3. The molecular formula is C24H36NOS+. The van der Waals surface area contributed by atoms with E-state index >= 15 is 0 Å². The van der Waals surface area contributed by atoms with Crippen molar-refractivity contribution in [2.24, 2.45) is 0 Å². The van der Waals surface area contributed by atoms with Crippen molar-refractivity contribution in [2.45, 2.75) is 77.7 Å². The van der Waals surface area contributed by atoms with Crippen LogP contribution in [0.1, 0.15) is 88.4 Å². The van der Waals surface area contributed by atoms with Gasteiger partial charge in [0.05, 0.1) is 18.0 Å². The van der Waals surface area contributed by atoms with E-state index in [0.29, 0.717) is 11.8 Å². The van der Waals surface area contributed by atoms with Crippen molar-refractivity contribution in [3.8, 4) is 5.75 Å². The molecule has 1 aromatic carbocycles. The fourth-order valence-corrected chi connectivity index (χ4v) is 5.23. The van der Waals surface area contributed by atoms with E-state index in [4.69, 9.17) is 0 Å². The van der Waals surface area contributed by atoms with Crippen molar-refractivity contribution in [1.82, 2.24) is 0 Å². The molecule has 0 amide bonds. The third kappa shape index (κ3) is 4.41. The molecule has 1 saturated heterocycles. The summed E-state index contributed by atoms with van der Waals surface area (Å²) in [6.45, 7) is 15.7. The van der Waals surface area contributed by atoms with Crippen LogP contribution in [0.15, 0.2) is 29.6 Å². The topological polar surface area (TPSA) is 24.7 Å². The Bertz CT molecular complexity index is 724. The normalized spacial score (nSPS) is 17.9. The number of nitrogens with one attached hydrogen (secondary N) is 1. The number of quaternary nitrogens is 1. The molecule has 1 aliphatic heterocycles. The number of piperidine rings is 1. The number of aromatic hydroxyl groups is 1. The zero-order valence-corrected chi connectivity index (χ0v) is 18.7. The number of benzene rings is 1. The molecule has 27 heavy (non-hydrogen) atoms. The maximum Gasteiger partial charge on any atom is 0.148 e. The molecule has 0 saturated carbocycles. The van der Waals surface area contributed by atoms with Crippen LogP contribution in [-0.4, -0.2) is 18.2 Å². The first-order valence-electron chi connectivity index (χ1n) is 10.3. The highest BCUT2D eigenvalue weighted by atomic mass is 32.1. The summed E-state index contributed by atoms with van der Waals surface area (Å²) in [6.07, 6.45) is 3.98. The molecule has 1 fully saturated rings. The Balaban J connectivity index is 2.19. The van der Waals surface area contributed by atoms with Gasteiger partial charge in [0.15, 0.2) is 0 Å². The zero-order valence-electron chi connectivity index (χ0n) is 17.9. The van der Waals surface area contributed by atoms with Gasteiger partial charge in [0.2, 0.25) is 0 Å².